The number of anilines is 1. The van der Waals surface area contributed by atoms with Gasteiger partial charge in [-0.05, 0) is 39.0 Å². The van der Waals surface area contributed by atoms with Crippen LogP contribution < -0.4 is 10.5 Å². The Morgan fingerprint density at radius 2 is 2.00 bits per heavy atom. The average molecular weight is 280 g/mol. The van der Waals surface area contributed by atoms with E-state index < -0.39 is 0 Å². The summed E-state index contributed by atoms with van der Waals surface area (Å²) in [5.41, 5.74) is 6.95. The van der Waals surface area contributed by atoms with Gasteiger partial charge < -0.3 is 20.1 Å². The molecule has 0 radical (unpaired) electrons. The summed E-state index contributed by atoms with van der Waals surface area (Å²) in [6.07, 6.45) is 0. The number of nitrogens with two attached hydrogens (primary N) is 1. The van der Waals surface area contributed by atoms with Gasteiger partial charge in [0.25, 0.3) is 5.91 Å². The highest BCUT2D eigenvalue weighted by atomic mass is 16.5. The highest BCUT2D eigenvalue weighted by molar-refractivity contribution is 5.95. The van der Waals surface area contributed by atoms with Crippen LogP contribution in [0, 0.1) is 0 Å². The van der Waals surface area contributed by atoms with E-state index in [0.717, 1.165) is 0 Å². The van der Waals surface area contributed by atoms with Gasteiger partial charge in [-0.25, -0.2) is 0 Å². The Morgan fingerprint density at radius 1 is 1.25 bits per heavy atom. The van der Waals surface area contributed by atoms with Crippen LogP contribution in [0.2, 0.25) is 0 Å². The van der Waals surface area contributed by atoms with Crippen LogP contribution in [0.4, 0.5) is 5.69 Å². The summed E-state index contributed by atoms with van der Waals surface area (Å²) >= 11 is 0. The highest BCUT2D eigenvalue weighted by Gasteiger charge is 2.15. The molecule has 112 valence electrons. The predicted octanol–water partition coefficient (Wildman–Crippen LogP) is 2.17. The normalized spacial score (nSPS) is 10.3. The second-order valence-electron chi connectivity index (χ2n) is 4.27. The lowest BCUT2D eigenvalue weighted by Crippen LogP contribution is -2.33. The molecule has 0 aliphatic carbocycles. The topological polar surface area (TPSA) is 64.8 Å². The van der Waals surface area contributed by atoms with Gasteiger partial charge in [0.1, 0.15) is 5.75 Å². The number of likely N-dealkylation sites (N-methyl/N-ethyl adjacent to an activating group) is 1. The zero-order valence-corrected chi connectivity index (χ0v) is 12.5. The standard InChI is InChI=1S/C15H24N2O3/c1-4-17(9-10-19-5-2)15(18)12-7-8-14(20-6-3)13(16)11-12/h7-8,11H,4-6,9-10,16H2,1-3H3. The Bertz CT molecular complexity index is 435. The van der Waals surface area contributed by atoms with Crippen molar-refractivity contribution in [2.75, 3.05) is 38.6 Å². The average Bonchev–Trinajstić information content (AvgIpc) is 2.45. The zero-order chi connectivity index (χ0) is 15.0. The second kappa shape index (κ2) is 8.43. The van der Waals surface area contributed by atoms with Gasteiger partial charge in [-0.15, -0.1) is 0 Å². The summed E-state index contributed by atoms with van der Waals surface area (Å²) in [5, 5.41) is 0. The number of amides is 1. The first kappa shape index (κ1) is 16.3. The number of rotatable bonds is 8. The monoisotopic (exact) mass is 280 g/mol. The number of hydrogen-bond donors (Lipinski definition) is 1. The molecule has 0 aliphatic rings. The second-order valence-corrected chi connectivity index (χ2v) is 4.27. The maximum absolute atomic E-state index is 12.4. The molecule has 20 heavy (non-hydrogen) atoms. The van der Waals surface area contributed by atoms with Crippen LogP contribution in [-0.2, 0) is 4.74 Å². The molecule has 1 amide bonds. The molecular weight excluding hydrogens is 256 g/mol. The number of nitrogens with zero attached hydrogens (tertiary/aromatic N) is 1. The maximum atomic E-state index is 12.4. The van der Waals surface area contributed by atoms with E-state index in [-0.39, 0.29) is 5.91 Å². The van der Waals surface area contributed by atoms with Gasteiger partial charge in [0.2, 0.25) is 0 Å². The molecule has 5 heteroatoms. The fourth-order valence-corrected chi connectivity index (χ4v) is 1.87. The van der Waals surface area contributed by atoms with Crippen molar-refractivity contribution < 1.29 is 14.3 Å². The SMILES string of the molecule is CCOCCN(CC)C(=O)c1ccc(OCC)c(N)c1. The smallest absolute Gasteiger partial charge is 0.254 e. The third-order valence-electron chi connectivity index (χ3n) is 2.94. The zero-order valence-electron chi connectivity index (χ0n) is 12.5. The molecular formula is C15H24N2O3. The van der Waals surface area contributed by atoms with E-state index in [4.69, 9.17) is 15.2 Å². The molecule has 1 aromatic carbocycles. The first-order valence-corrected chi connectivity index (χ1v) is 7.03. The maximum Gasteiger partial charge on any atom is 0.254 e. The van der Waals surface area contributed by atoms with Crippen molar-refractivity contribution >= 4 is 11.6 Å². The van der Waals surface area contributed by atoms with Crippen LogP contribution >= 0.6 is 0 Å². The van der Waals surface area contributed by atoms with Crippen molar-refractivity contribution in [1.82, 2.24) is 4.90 Å². The van der Waals surface area contributed by atoms with Crippen molar-refractivity contribution in [3.05, 3.63) is 23.8 Å². The largest absolute Gasteiger partial charge is 0.492 e. The van der Waals surface area contributed by atoms with Crippen molar-refractivity contribution in [2.24, 2.45) is 0 Å². The van der Waals surface area contributed by atoms with Gasteiger partial charge in [-0.3, -0.25) is 4.79 Å². The van der Waals surface area contributed by atoms with E-state index in [1.807, 2.05) is 20.8 Å². The molecule has 1 rings (SSSR count). The molecule has 0 fully saturated rings. The molecule has 5 nitrogen and oxygen atoms in total. The molecule has 0 aliphatic heterocycles. The third-order valence-corrected chi connectivity index (χ3v) is 2.94. The molecule has 0 unspecified atom stereocenters. The van der Waals surface area contributed by atoms with Crippen LogP contribution in [0.15, 0.2) is 18.2 Å². The van der Waals surface area contributed by atoms with Crippen molar-refractivity contribution in [2.45, 2.75) is 20.8 Å². The number of benzene rings is 1. The Morgan fingerprint density at radius 3 is 2.55 bits per heavy atom. The number of carbonyl (C=O) groups is 1. The van der Waals surface area contributed by atoms with Crippen LogP contribution in [0.3, 0.4) is 0 Å². The lowest BCUT2D eigenvalue weighted by Gasteiger charge is -2.21. The summed E-state index contributed by atoms with van der Waals surface area (Å²) in [4.78, 5) is 14.1. The van der Waals surface area contributed by atoms with E-state index in [1.54, 1.807) is 23.1 Å². The van der Waals surface area contributed by atoms with Gasteiger partial charge in [-0.2, -0.15) is 0 Å². The lowest BCUT2D eigenvalue weighted by molar-refractivity contribution is 0.0669. The fraction of sp³-hybridized carbons (Fsp3) is 0.533. The fourth-order valence-electron chi connectivity index (χ4n) is 1.87. The van der Waals surface area contributed by atoms with Crippen LogP contribution in [0.5, 0.6) is 5.75 Å². The predicted molar refractivity (Wildman–Crippen MR) is 80.1 cm³/mol. The first-order chi connectivity index (χ1) is 9.63. The van der Waals surface area contributed by atoms with E-state index in [0.29, 0.717) is 49.9 Å². The summed E-state index contributed by atoms with van der Waals surface area (Å²) in [7, 11) is 0. The minimum absolute atomic E-state index is 0.0399. The molecule has 0 bridgehead atoms. The summed E-state index contributed by atoms with van der Waals surface area (Å²) in [6, 6.07) is 5.14. The Hall–Kier alpha value is -1.75. The minimum atomic E-state index is -0.0399. The number of nitrogen functional groups attached to an aromatic ring is 1. The Balaban J connectivity index is 2.76. The van der Waals surface area contributed by atoms with E-state index in [1.165, 1.54) is 0 Å². The van der Waals surface area contributed by atoms with E-state index in [2.05, 4.69) is 0 Å². The molecule has 0 heterocycles. The van der Waals surface area contributed by atoms with Gasteiger partial charge in [0.05, 0.1) is 18.9 Å². The number of ether oxygens (including phenoxy) is 2. The van der Waals surface area contributed by atoms with Gasteiger partial charge in [0.15, 0.2) is 0 Å². The van der Waals surface area contributed by atoms with Gasteiger partial charge in [-0.1, -0.05) is 0 Å². The number of hydrogen-bond acceptors (Lipinski definition) is 4. The summed E-state index contributed by atoms with van der Waals surface area (Å²) < 4.78 is 10.7. The van der Waals surface area contributed by atoms with Crippen LogP contribution in [-0.4, -0.2) is 43.7 Å². The lowest BCUT2D eigenvalue weighted by atomic mass is 10.1. The van der Waals surface area contributed by atoms with E-state index >= 15 is 0 Å². The Labute approximate surface area is 120 Å². The van der Waals surface area contributed by atoms with Crippen molar-refractivity contribution in [1.29, 1.82) is 0 Å². The Kier molecular flexibility index (Phi) is 6.87. The molecule has 0 saturated carbocycles. The molecule has 0 saturated heterocycles. The van der Waals surface area contributed by atoms with E-state index in [9.17, 15) is 4.79 Å². The third kappa shape index (κ3) is 4.42. The number of carbonyl (C=O) groups excluding carboxylic acids is 1. The molecule has 0 aromatic heterocycles. The van der Waals surface area contributed by atoms with Gasteiger partial charge in [0, 0.05) is 25.3 Å². The minimum Gasteiger partial charge on any atom is -0.492 e. The summed E-state index contributed by atoms with van der Waals surface area (Å²) in [5.74, 6) is 0.573. The molecule has 1 aromatic rings. The highest BCUT2D eigenvalue weighted by Crippen LogP contribution is 2.23. The molecule has 2 N–H and O–H groups in total. The summed E-state index contributed by atoms with van der Waals surface area (Å²) in [6.45, 7) is 8.74. The van der Waals surface area contributed by atoms with Crippen molar-refractivity contribution in [3.63, 3.8) is 0 Å². The van der Waals surface area contributed by atoms with Crippen molar-refractivity contribution in [3.8, 4) is 5.75 Å². The molecule has 0 atom stereocenters. The quantitative estimate of drug-likeness (QED) is 0.585. The molecule has 0 spiro atoms. The van der Waals surface area contributed by atoms with Crippen LogP contribution in [0.1, 0.15) is 31.1 Å². The van der Waals surface area contributed by atoms with Gasteiger partial charge >= 0.3 is 0 Å². The van der Waals surface area contributed by atoms with Crippen LogP contribution in [0.25, 0.3) is 0 Å². The first-order valence-electron chi connectivity index (χ1n) is 7.03.